The van der Waals surface area contributed by atoms with Crippen LogP contribution < -0.4 is 10.5 Å². The first-order valence-electron chi connectivity index (χ1n) is 10.1. The highest BCUT2D eigenvalue weighted by molar-refractivity contribution is 6.46. The second-order valence-corrected chi connectivity index (χ2v) is 7.27. The summed E-state index contributed by atoms with van der Waals surface area (Å²) in [6, 6.07) is 7.10. The van der Waals surface area contributed by atoms with Crippen LogP contribution >= 0.6 is 0 Å². The molecule has 7 nitrogen and oxygen atoms in total. The van der Waals surface area contributed by atoms with Crippen LogP contribution in [0.15, 0.2) is 38.6 Å². The van der Waals surface area contributed by atoms with Crippen molar-refractivity contribution in [1.29, 1.82) is 0 Å². The van der Waals surface area contributed by atoms with Gasteiger partial charge in [0.05, 0.1) is 0 Å². The van der Waals surface area contributed by atoms with Crippen LogP contribution in [0.3, 0.4) is 0 Å². The molecule has 0 aliphatic heterocycles. The van der Waals surface area contributed by atoms with E-state index in [1.807, 2.05) is 12.1 Å². The van der Waals surface area contributed by atoms with Crippen molar-refractivity contribution in [1.82, 2.24) is 0 Å². The third kappa shape index (κ3) is 4.72. The molecule has 1 aliphatic rings. The number of benzene rings is 1. The van der Waals surface area contributed by atoms with Crippen molar-refractivity contribution < 1.29 is 18.8 Å². The quantitative estimate of drug-likeness (QED) is 0.159. The summed E-state index contributed by atoms with van der Waals surface area (Å²) in [5, 5.41) is 4.33. The van der Waals surface area contributed by atoms with Gasteiger partial charge in [0.1, 0.15) is 16.9 Å². The minimum absolute atomic E-state index is 0.0791. The van der Waals surface area contributed by atoms with Crippen molar-refractivity contribution in [2.24, 2.45) is 11.1 Å². The molecule has 0 unspecified atom stereocenters. The molecule has 0 amide bonds. The molecule has 2 aromatic rings. The van der Waals surface area contributed by atoms with Gasteiger partial charge in [0.25, 0.3) is 0 Å². The second-order valence-electron chi connectivity index (χ2n) is 7.27. The third-order valence-corrected chi connectivity index (χ3v) is 5.52. The highest BCUT2D eigenvalue weighted by Gasteiger charge is 2.25. The summed E-state index contributed by atoms with van der Waals surface area (Å²) in [7, 11) is 0. The lowest BCUT2D eigenvalue weighted by molar-refractivity contribution is -0.128. The number of rotatable bonds is 9. The van der Waals surface area contributed by atoms with Gasteiger partial charge in [-0.15, -0.1) is 0 Å². The first kappa shape index (κ1) is 20.8. The average molecular weight is 398 g/mol. The van der Waals surface area contributed by atoms with Gasteiger partial charge in [0.15, 0.2) is 0 Å². The summed E-state index contributed by atoms with van der Waals surface area (Å²) < 4.78 is 5.45. The molecule has 1 heterocycles. The van der Waals surface area contributed by atoms with Gasteiger partial charge in [-0.25, -0.2) is 4.79 Å². The number of hydrogen-bond acceptors (Lipinski definition) is 7. The maximum atomic E-state index is 13.0. The highest BCUT2D eigenvalue weighted by Crippen LogP contribution is 2.29. The van der Waals surface area contributed by atoms with E-state index < -0.39 is 11.4 Å². The second kappa shape index (κ2) is 9.49. The maximum absolute atomic E-state index is 13.0. The molecular formula is C22H26N2O5. The molecule has 0 radical (unpaired) electrons. The monoisotopic (exact) mass is 398 g/mol. The molecular weight excluding hydrogens is 372 g/mol. The molecule has 7 heteroatoms. The Morgan fingerprint density at radius 2 is 1.97 bits per heavy atom. The van der Waals surface area contributed by atoms with Crippen LogP contribution in [0, 0.1) is 5.92 Å². The van der Waals surface area contributed by atoms with E-state index in [4.69, 9.17) is 4.42 Å². The highest BCUT2D eigenvalue weighted by atomic mass is 16.7. The van der Waals surface area contributed by atoms with Crippen molar-refractivity contribution in [3.05, 3.63) is 40.2 Å². The van der Waals surface area contributed by atoms with E-state index in [1.165, 1.54) is 6.07 Å². The zero-order valence-electron chi connectivity index (χ0n) is 16.8. The van der Waals surface area contributed by atoms with E-state index in [-0.39, 0.29) is 17.7 Å². The van der Waals surface area contributed by atoms with Crippen LogP contribution in [0.25, 0.3) is 11.0 Å². The minimum atomic E-state index is -0.718. The van der Waals surface area contributed by atoms with Crippen molar-refractivity contribution >= 4 is 34.6 Å². The van der Waals surface area contributed by atoms with Crippen molar-refractivity contribution in [3.63, 3.8) is 0 Å². The van der Waals surface area contributed by atoms with Crippen LogP contribution in [0.5, 0.6) is 0 Å². The van der Waals surface area contributed by atoms with E-state index in [1.54, 1.807) is 6.07 Å². The van der Waals surface area contributed by atoms with Crippen molar-refractivity contribution in [2.45, 2.75) is 46.0 Å². The summed E-state index contributed by atoms with van der Waals surface area (Å²) in [4.78, 5) is 42.7. The number of hydrogen-bond donors (Lipinski definition) is 0. The first-order valence-corrected chi connectivity index (χ1v) is 10.1. The number of anilines is 1. The summed E-state index contributed by atoms with van der Waals surface area (Å²) in [5.41, 5.74) is 0.640. The molecule has 0 N–H and O–H groups in total. The summed E-state index contributed by atoms with van der Waals surface area (Å²) >= 11 is 0. The molecule has 1 aromatic carbocycles. The van der Waals surface area contributed by atoms with Gasteiger partial charge in [0.2, 0.25) is 5.78 Å². The lowest BCUT2D eigenvalue weighted by atomic mass is 9.96. The Labute approximate surface area is 169 Å². The number of Topliss-reactive ketones (excluding diaryl/α,β-unsaturated/α-hetero) is 1. The molecule has 0 atom stereocenters. The van der Waals surface area contributed by atoms with Gasteiger partial charge < -0.3 is 14.2 Å². The predicted octanol–water partition coefficient (Wildman–Crippen LogP) is 3.93. The van der Waals surface area contributed by atoms with Gasteiger partial charge in [0, 0.05) is 30.2 Å². The van der Waals surface area contributed by atoms with E-state index in [2.05, 4.69) is 28.7 Å². The van der Waals surface area contributed by atoms with Gasteiger partial charge in [-0.05, 0) is 44.4 Å². The first-order chi connectivity index (χ1) is 14.1. The molecule has 3 rings (SSSR count). The Hall–Kier alpha value is -2.96. The Morgan fingerprint density at radius 3 is 2.62 bits per heavy atom. The van der Waals surface area contributed by atoms with Crippen molar-refractivity contribution in [3.8, 4) is 0 Å². The van der Waals surface area contributed by atoms with E-state index in [9.17, 15) is 14.4 Å². The fraction of sp³-hybridized carbons (Fsp3) is 0.455. The molecule has 0 spiro atoms. The van der Waals surface area contributed by atoms with E-state index >= 15 is 0 Å². The zero-order valence-corrected chi connectivity index (χ0v) is 16.8. The van der Waals surface area contributed by atoms with Crippen LogP contribution in [-0.2, 0) is 9.63 Å². The third-order valence-electron chi connectivity index (χ3n) is 5.52. The molecule has 0 saturated heterocycles. The summed E-state index contributed by atoms with van der Waals surface area (Å²) in [6.45, 7) is 5.94. The zero-order chi connectivity index (χ0) is 20.8. The topological polar surface area (TPSA) is 89.2 Å². The van der Waals surface area contributed by atoms with Crippen molar-refractivity contribution in [2.75, 3.05) is 18.0 Å². The number of oxime groups is 1. The van der Waals surface area contributed by atoms with E-state index in [0.29, 0.717) is 23.3 Å². The van der Waals surface area contributed by atoms with E-state index in [0.717, 1.165) is 44.5 Å². The molecule has 1 aliphatic carbocycles. The van der Waals surface area contributed by atoms with Gasteiger partial charge in [-0.1, -0.05) is 30.8 Å². The Bertz CT molecular complexity index is 969. The maximum Gasteiger partial charge on any atom is 0.347 e. The minimum Gasteiger partial charge on any atom is -0.422 e. The molecule has 0 bridgehead atoms. The number of fused-ring (bicyclic) bond motifs is 1. The average Bonchev–Trinajstić information content (AvgIpc) is 3.24. The molecule has 1 aromatic heterocycles. The standard InChI is InChI=1S/C22H26N2O5/c1-3-24(4-2)17-10-9-16-12-18(22(27)29-20(16)13-17)21(26)19(23-28-14-25)11-15-7-5-6-8-15/h9-10,12-15H,3-8,11H2,1-2H3/b23-19+. The van der Waals surface area contributed by atoms with Crippen LogP contribution in [0.1, 0.15) is 56.3 Å². The number of nitrogens with zero attached hydrogens (tertiary/aromatic N) is 2. The lowest BCUT2D eigenvalue weighted by Crippen LogP contribution is -2.24. The van der Waals surface area contributed by atoms with Crippen LogP contribution in [0.4, 0.5) is 5.69 Å². The normalized spacial score (nSPS) is 14.9. The Morgan fingerprint density at radius 1 is 1.24 bits per heavy atom. The number of ketones is 1. The van der Waals surface area contributed by atoms with Gasteiger partial charge in [-0.2, -0.15) is 0 Å². The number of carbonyl (C=O) groups excluding carboxylic acids is 2. The summed E-state index contributed by atoms with van der Waals surface area (Å²) in [6.07, 6.45) is 4.58. The lowest BCUT2D eigenvalue weighted by Gasteiger charge is -2.21. The summed E-state index contributed by atoms with van der Waals surface area (Å²) in [5.74, 6) is -0.251. The Kier molecular flexibility index (Phi) is 6.80. The molecule has 29 heavy (non-hydrogen) atoms. The molecule has 154 valence electrons. The van der Waals surface area contributed by atoms with Gasteiger partial charge in [-0.3, -0.25) is 9.59 Å². The smallest absolute Gasteiger partial charge is 0.347 e. The van der Waals surface area contributed by atoms with Crippen LogP contribution in [0.2, 0.25) is 0 Å². The fourth-order valence-electron chi connectivity index (χ4n) is 3.94. The Balaban J connectivity index is 1.95. The molecule has 1 saturated carbocycles. The van der Waals surface area contributed by atoms with Crippen LogP contribution in [-0.4, -0.2) is 31.1 Å². The molecule has 1 fully saturated rings. The fourth-order valence-corrected chi connectivity index (χ4v) is 3.94. The predicted molar refractivity (Wildman–Crippen MR) is 112 cm³/mol. The largest absolute Gasteiger partial charge is 0.422 e. The number of carbonyl (C=O) groups is 2. The SMILES string of the molecule is CCN(CC)c1ccc2cc(C(=O)/C(CC3CCCC3)=N/OC=O)c(=O)oc2c1. The van der Waals surface area contributed by atoms with Gasteiger partial charge >= 0.3 is 12.1 Å².